The van der Waals surface area contributed by atoms with Crippen LogP contribution in [-0.4, -0.2) is 27.3 Å². The molecule has 0 N–H and O–H groups in total. The van der Waals surface area contributed by atoms with Crippen LogP contribution >= 0.6 is 11.6 Å². The lowest BCUT2D eigenvalue weighted by molar-refractivity contribution is 0.0526. The van der Waals surface area contributed by atoms with E-state index < -0.39 is 5.97 Å². The topological polar surface area (TPSA) is 70.2 Å². The van der Waals surface area contributed by atoms with Gasteiger partial charge in [-0.3, -0.25) is 0 Å². The van der Waals surface area contributed by atoms with Gasteiger partial charge in [0.05, 0.1) is 6.61 Å². The van der Waals surface area contributed by atoms with Crippen molar-refractivity contribution in [1.29, 1.82) is 0 Å². The fraction of sp³-hybridized carbons (Fsp3) is 0.0952. The number of hydrogen-bond donors (Lipinski definition) is 0. The van der Waals surface area contributed by atoms with E-state index in [0.29, 0.717) is 27.8 Å². The van der Waals surface area contributed by atoms with E-state index in [0.717, 1.165) is 11.1 Å². The SMILES string of the molecule is CCOC(=O)c1c(-c2ccccc2)oc(-c2ccc(Cl)cc2)c1-n1cncn1. The van der Waals surface area contributed by atoms with Gasteiger partial charge in [0.25, 0.3) is 0 Å². The predicted molar refractivity (Wildman–Crippen MR) is 105 cm³/mol. The van der Waals surface area contributed by atoms with Crippen LogP contribution in [-0.2, 0) is 4.74 Å². The Morgan fingerprint density at radius 2 is 1.79 bits per heavy atom. The molecule has 0 saturated carbocycles. The van der Waals surface area contributed by atoms with Crippen molar-refractivity contribution in [1.82, 2.24) is 14.8 Å². The molecule has 140 valence electrons. The lowest BCUT2D eigenvalue weighted by Gasteiger charge is -2.06. The van der Waals surface area contributed by atoms with Crippen molar-refractivity contribution in [2.75, 3.05) is 6.61 Å². The number of ether oxygens (including phenoxy) is 1. The fourth-order valence-electron chi connectivity index (χ4n) is 2.95. The first-order valence-corrected chi connectivity index (χ1v) is 9.07. The first-order valence-electron chi connectivity index (χ1n) is 8.69. The van der Waals surface area contributed by atoms with Crippen LogP contribution in [0.5, 0.6) is 0 Å². The summed E-state index contributed by atoms with van der Waals surface area (Å²) in [6.07, 6.45) is 2.91. The van der Waals surface area contributed by atoms with Gasteiger partial charge in [-0.2, -0.15) is 5.10 Å². The normalized spacial score (nSPS) is 10.8. The van der Waals surface area contributed by atoms with Crippen molar-refractivity contribution in [2.45, 2.75) is 6.92 Å². The summed E-state index contributed by atoms with van der Waals surface area (Å²) < 4.78 is 13.0. The van der Waals surface area contributed by atoms with Gasteiger partial charge in [-0.25, -0.2) is 14.5 Å². The number of halogens is 1. The number of esters is 1. The molecular formula is C21H16ClN3O3. The summed E-state index contributed by atoms with van der Waals surface area (Å²) >= 11 is 6.03. The van der Waals surface area contributed by atoms with E-state index >= 15 is 0 Å². The highest BCUT2D eigenvalue weighted by Gasteiger charge is 2.30. The van der Waals surface area contributed by atoms with Crippen LogP contribution in [0.2, 0.25) is 5.02 Å². The Morgan fingerprint density at radius 1 is 1.07 bits per heavy atom. The smallest absolute Gasteiger partial charge is 0.344 e. The first kappa shape index (κ1) is 18.0. The van der Waals surface area contributed by atoms with Crippen LogP contribution in [0.4, 0.5) is 0 Å². The van der Waals surface area contributed by atoms with Crippen molar-refractivity contribution in [3.63, 3.8) is 0 Å². The molecular weight excluding hydrogens is 378 g/mol. The molecule has 4 aromatic rings. The van der Waals surface area contributed by atoms with Gasteiger partial charge in [0, 0.05) is 16.1 Å². The number of carbonyl (C=O) groups is 1. The minimum absolute atomic E-state index is 0.241. The molecule has 4 rings (SSSR count). The van der Waals surface area contributed by atoms with Crippen LogP contribution in [0.15, 0.2) is 71.7 Å². The van der Waals surface area contributed by atoms with E-state index in [9.17, 15) is 4.79 Å². The van der Waals surface area contributed by atoms with E-state index in [1.165, 1.54) is 17.3 Å². The lowest BCUT2D eigenvalue weighted by atomic mass is 10.1. The number of furan rings is 1. The van der Waals surface area contributed by atoms with Crippen molar-refractivity contribution in [3.8, 4) is 28.3 Å². The number of rotatable bonds is 5. The molecule has 2 heterocycles. The van der Waals surface area contributed by atoms with Gasteiger partial charge in [-0.05, 0) is 31.2 Å². The largest absolute Gasteiger partial charge is 0.462 e. The maximum absolute atomic E-state index is 12.9. The van der Waals surface area contributed by atoms with E-state index in [2.05, 4.69) is 10.1 Å². The molecule has 0 aliphatic heterocycles. The summed E-state index contributed by atoms with van der Waals surface area (Å²) in [4.78, 5) is 16.9. The third-order valence-corrected chi connectivity index (χ3v) is 4.40. The Balaban J connectivity index is 2.03. The summed E-state index contributed by atoms with van der Waals surface area (Å²) in [5.41, 5.74) is 2.27. The van der Waals surface area contributed by atoms with Gasteiger partial charge in [-0.1, -0.05) is 41.9 Å². The monoisotopic (exact) mass is 393 g/mol. The molecule has 0 atom stereocenters. The zero-order valence-corrected chi connectivity index (χ0v) is 15.8. The molecule has 0 aliphatic carbocycles. The van der Waals surface area contributed by atoms with Gasteiger partial charge in [0.2, 0.25) is 0 Å². The Hall–Kier alpha value is -3.38. The maximum Gasteiger partial charge on any atom is 0.344 e. The first-order chi connectivity index (χ1) is 13.7. The number of hydrogen-bond acceptors (Lipinski definition) is 5. The summed E-state index contributed by atoms with van der Waals surface area (Å²) in [6, 6.07) is 16.6. The second kappa shape index (κ2) is 7.70. The predicted octanol–water partition coefficient (Wildman–Crippen LogP) is 5.02. The highest BCUT2D eigenvalue weighted by molar-refractivity contribution is 6.30. The Labute approximate surface area is 166 Å². The van der Waals surface area contributed by atoms with Gasteiger partial charge in [-0.15, -0.1) is 0 Å². The minimum atomic E-state index is -0.490. The van der Waals surface area contributed by atoms with Gasteiger partial charge >= 0.3 is 5.97 Å². The Bertz CT molecular complexity index is 1090. The molecule has 0 amide bonds. The second-order valence-corrected chi connectivity index (χ2v) is 6.35. The minimum Gasteiger partial charge on any atom is -0.462 e. The maximum atomic E-state index is 12.9. The van der Waals surface area contributed by atoms with Crippen molar-refractivity contribution < 1.29 is 13.9 Å². The molecule has 0 spiro atoms. The quantitative estimate of drug-likeness (QED) is 0.445. The molecule has 0 unspecified atom stereocenters. The van der Waals surface area contributed by atoms with Crippen LogP contribution in [0.25, 0.3) is 28.3 Å². The summed E-state index contributed by atoms with van der Waals surface area (Å²) in [5, 5.41) is 4.82. The van der Waals surface area contributed by atoms with E-state index in [-0.39, 0.29) is 6.61 Å². The summed E-state index contributed by atoms with van der Waals surface area (Å²) in [6.45, 7) is 2.00. The number of benzene rings is 2. The van der Waals surface area contributed by atoms with Gasteiger partial charge in [0.1, 0.15) is 23.9 Å². The average molecular weight is 394 g/mol. The number of aromatic nitrogens is 3. The Morgan fingerprint density at radius 3 is 2.43 bits per heavy atom. The third kappa shape index (κ3) is 3.30. The lowest BCUT2D eigenvalue weighted by Crippen LogP contribution is -2.10. The van der Waals surface area contributed by atoms with Crippen molar-refractivity contribution in [3.05, 3.63) is 77.8 Å². The molecule has 0 saturated heterocycles. The molecule has 2 aromatic carbocycles. The zero-order valence-electron chi connectivity index (χ0n) is 15.0. The van der Waals surface area contributed by atoms with Crippen LogP contribution < -0.4 is 0 Å². The molecule has 0 bridgehead atoms. The van der Waals surface area contributed by atoms with E-state index in [1.54, 1.807) is 19.1 Å². The summed E-state index contributed by atoms with van der Waals surface area (Å²) in [5.74, 6) is 0.398. The standard InChI is InChI=1S/C21H16ClN3O3/c1-2-27-21(26)17-18(25-13-23-12-24-25)20(15-8-10-16(22)11-9-15)28-19(17)14-6-4-3-5-7-14/h3-13H,2H2,1H3. The van der Waals surface area contributed by atoms with E-state index in [1.807, 2.05) is 42.5 Å². The molecule has 6 nitrogen and oxygen atoms in total. The van der Waals surface area contributed by atoms with Crippen molar-refractivity contribution in [2.24, 2.45) is 0 Å². The summed E-state index contributed by atoms with van der Waals surface area (Å²) in [7, 11) is 0. The van der Waals surface area contributed by atoms with E-state index in [4.69, 9.17) is 20.8 Å². The molecule has 2 aromatic heterocycles. The van der Waals surface area contributed by atoms with Crippen molar-refractivity contribution >= 4 is 17.6 Å². The van der Waals surface area contributed by atoms with Crippen LogP contribution in [0.3, 0.4) is 0 Å². The molecule has 0 aliphatic rings. The zero-order chi connectivity index (χ0) is 19.5. The number of carbonyl (C=O) groups excluding carboxylic acids is 1. The Kier molecular flexibility index (Phi) is 4.95. The third-order valence-electron chi connectivity index (χ3n) is 4.15. The average Bonchev–Trinajstić information content (AvgIpc) is 3.37. The van der Waals surface area contributed by atoms with Crippen LogP contribution in [0, 0.1) is 0 Å². The second-order valence-electron chi connectivity index (χ2n) is 5.92. The molecule has 28 heavy (non-hydrogen) atoms. The number of nitrogens with zero attached hydrogens (tertiary/aromatic N) is 3. The molecule has 7 heteroatoms. The highest BCUT2D eigenvalue weighted by Crippen LogP contribution is 2.40. The fourth-order valence-corrected chi connectivity index (χ4v) is 3.07. The van der Waals surface area contributed by atoms with Gasteiger partial charge in [0.15, 0.2) is 11.5 Å². The molecule has 0 radical (unpaired) electrons. The van der Waals surface area contributed by atoms with Crippen LogP contribution in [0.1, 0.15) is 17.3 Å². The highest BCUT2D eigenvalue weighted by atomic mass is 35.5. The molecule has 0 fully saturated rings. The van der Waals surface area contributed by atoms with Gasteiger partial charge < -0.3 is 9.15 Å².